The lowest BCUT2D eigenvalue weighted by Crippen LogP contribution is -2.39. The Labute approximate surface area is 192 Å². The van der Waals surface area contributed by atoms with Crippen molar-refractivity contribution in [3.05, 3.63) is 70.8 Å². The van der Waals surface area contributed by atoms with E-state index in [0.717, 1.165) is 36.6 Å². The number of halogens is 1. The van der Waals surface area contributed by atoms with Crippen LogP contribution in [0.3, 0.4) is 0 Å². The minimum atomic E-state index is 0. The molecule has 6 heteroatoms. The van der Waals surface area contributed by atoms with E-state index in [-0.39, 0.29) is 29.9 Å². The van der Waals surface area contributed by atoms with E-state index >= 15 is 0 Å². The zero-order valence-corrected chi connectivity index (χ0v) is 20.4. The largest absolute Gasteiger partial charge is 0.356 e. The van der Waals surface area contributed by atoms with Gasteiger partial charge < -0.3 is 15.5 Å². The molecule has 2 aromatic rings. The number of carbonyl (C=O) groups is 1. The first kappa shape index (κ1) is 24.9. The van der Waals surface area contributed by atoms with Gasteiger partial charge in [-0.05, 0) is 42.5 Å². The van der Waals surface area contributed by atoms with Gasteiger partial charge in [-0.3, -0.25) is 9.79 Å². The molecule has 0 radical (unpaired) electrons. The maximum Gasteiger partial charge on any atom is 0.253 e. The molecule has 0 saturated carbocycles. The quantitative estimate of drug-likeness (QED) is 0.340. The number of guanidine groups is 1. The van der Waals surface area contributed by atoms with Gasteiger partial charge in [0.15, 0.2) is 5.96 Å². The molecule has 2 N–H and O–H groups in total. The van der Waals surface area contributed by atoms with Crippen molar-refractivity contribution < 1.29 is 4.79 Å². The highest BCUT2D eigenvalue weighted by molar-refractivity contribution is 14.0. The van der Waals surface area contributed by atoms with Crippen molar-refractivity contribution in [2.75, 3.05) is 34.2 Å². The SMILES string of the molecule is CN=C(NCCc1cccc(C(=O)N(C)C)c1)NCC(C)c1ccc(C)cc1.I. The van der Waals surface area contributed by atoms with E-state index in [1.165, 1.54) is 11.1 Å². The van der Waals surface area contributed by atoms with Crippen LogP contribution in [0.2, 0.25) is 0 Å². The number of benzene rings is 2. The van der Waals surface area contributed by atoms with Crippen molar-refractivity contribution in [1.82, 2.24) is 15.5 Å². The van der Waals surface area contributed by atoms with Gasteiger partial charge in [0.05, 0.1) is 0 Å². The first-order valence-corrected chi connectivity index (χ1v) is 9.72. The summed E-state index contributed by atoms with van der Waals surface area (Å²) in [5.74, 6) is 1.21. The molecule has 0 heterocycles. The van der Waals surface area contributed by atoms with Gasteiger partial charge in [0, 0.05) is 39.8 Å². The molecule has 1 unspecified atom stereocenters. The lowest BCUT2D eigenvalue weighted by molar-refractivity contribution is 0.0827. The van der Waals surface area contributed by atoms with E-state index < -0.39 is 0 Å². The molecule has 0 bridgehead atoms. The molecule has 1 amide bonds. The summed E-state index contributed by atoms with van der Waals surface area (Å²) in [5.41, 5.74) is 4.44. The van der Waals surface area contributed by atoms with Gasteiger partial charge in [-0.15, -0.1) is 24.0 Å². The van der Waals surface area contributed by atoms with Gasteiger partial charge in [0.2, 0.25) is 0 Å². The van der Waals surface area contributed by atoms with E-state index in [4.69, 9.17) is 0 Å². The molecule has 0 saturated heterocycles. The Morgan fingerprint density at radius 1 is 1.10 bits per heavy atom. The van der Waals surface area contributed by atoms with Gasteiger partial charge >= 0.3 is 0 Å². The molecule has 158 valence electrons. The number of hydrogen-bond donors (Lipinski definition) is 2. The maximum atomic E-state index is 12.1. The topological polar surface area (TPSA) is 56.7 Å². The second-order valence-corrected chi connectivity index (χ2v) is 7.34. The Hall–Kier alpha value is -2.09. The summed E-state index contributed by atoms with van der Waals surface area (Å²) in [7, 11) is 5.32. The van der Waals surface area contributed by atoms with Crippen molar-refractivity contribution >= 4 is 35.8 Å². The minimum absolute atomic E-state index is 0. The van der Waals surface area contributed by atoms with Crippen LogP contribution in [0.1, 0.15) is 39.9 Å². The molecule has 2 rings (SSSR count). The molecular formula is C23H33IN4O. The highest BCUT2D eigenvalue weighted by Gasteiger charge is 2.09. The Balaban J connectivity index is 0.00000420. The summed E-state index contributed by atoms with van der Waals surface area (Å²) >= 11 is 0. The predicted molar refractivity (Wildman–Crippen MR) is 133 cm³/mol. The van der Waals surface area contributed by atoms with Crippen LogP contribution in [0.4, 0.5) is 0 Å². The van der Waals surface area contributed by atoms with Crippen LogP contribution < -0.4 is 10.6 Å². The molecule has 0 aliphatic carbocycles. The number of aliphatic imine (C=N–C) groups is 1. The first-order valence-electron chi connectivity index (χ1n) is 9.72. The number of carbonyl (C=O) groups excluding carboxylic acids is 1. The average molecular weight is 508 g/mol. The lowest BCUT2D eigenvalue weighted by Gasteiger charge is -2.17. The minimum Gasteiger partial charge on any atom is -0.356 e. The normalized spacial score (nSPS) is 12.0. The second-order valence-electron chi connectivity index (χ2n) is 7.34. The van der Waals surface area contributed by atoms with Crippen molar-refractivity contribution in [3.8, 4) is 0 Å². The molecule has 0 aliphatic rings. The number of aryl methyl sites for hydroxylation is 1. The maximum absolute atomic E-state index is 12.1. The molecule has 0 spiro atoms. The fourth-order valence-electron chi connectivity index (χ4n) is 2.93. The van der Waals surface area contributed by atoms with E-state index in [1.54, 1.807) is 26.0 Å². The number of rotatable bonds is 7. The van der Waals surface area contributed by atoms with Gasteiger partial charge in [0.1, 0.15) is 0 Å². The number of amides is 1. The average Bonchev–Trinajstić information content (AvgIpc) is 2.70. The summed E-state index contributed by atoms with van der Waals surface area (Å²) in [5, 5.41) is 6.74. The van der Waals surface area contributed by atoms with Gasteiger partial charge in [0.25, 0.3) is 5.91 Å². The number of nitrogens with one attached hydrogen (secondary N) is 2. The molecule has 0 fully saturated rings. The Morgan fingerprint density at radius 2 is 1.79 bits per heavy atom. The highest BCUT2D eigenvalue weighted by Crippen LogP contribution is 2.14. The third kappa shape index (κ3) is 8.04. The summed E-state index contributed by atoms with van der Waals surface area (Å²) in [6, 6.07) is 16.4. The Morgan fingerprint density at radius 3 is 2.41 bits per heavy atom. The fraction of sp³-hybridized carbons (Fsp3) is 0.391. The first-order chi connectivity index (χ1) is 13.4. The van der Waals surface area contributed by atoms with Crippen molar-refractivity contribution in [2.45, 2.75) is 26.2 Å². The molecule has 29 heavy (non-hydrogen) atoms. The van der Waals surface area contributed by atoms with E-state index in [2.05, 4.69) is 53.7 Å². The van der Waals surface area contributed by atoms with Crippen molar-refractivity contribution in [1.29, 1.82) is 0 Å². The monoisotopic (exact) mass is 508 g/mol. The second kappa shape index (κ2) is 12.5. The molecule has 5 nitrogen and oxygen atoms in total. The van der Waals surface area contributed by atoms with Gasteiger partial charge in [-0.1, -0.05) is 48.9 Å². The highest BCUT2D eigenvalue weighted by atomic mass is 127. The number of nitrogens with zero attached hydrogens (tertiary/aromatic N) is 2. The predicted octanol–water partition coefficient (Wildman–Crippen LogP) is 3.83. The van der Waals surface area contributed by atoms with Gasteiger partial charge in [-0.25, -0.2) is 0 Å². The van der Waals surface area contributed by atoms with Crippen LogP contribution in [0.15, 0.2) is 53.5 Å². The lowest BCUT2D eigenvalue weighted by atomic mass is 10.0. The van der Waals surface area contributed by atoms with Crippen molar-refractivity contribution in [3.63, 3.8) is 0 Å². The van der Waals surface area contributed by atoms with Crippen LogP contribution in [0, 0.1) is 6.92 Å². The van der Waals surface area contributed by atoms with Crippen molar-refractivity contribution in [2.24, 2.45) is 4.99 Å². The number of hydrogen-bond acceptors (Lipinski definition) is 2. The van der Waals surface area contributed by atoms with Crippen LogP contribution in [0.25, 0.3) is 0 Å². The van der Waals surface area contributed by atoms with Crippen LogP contribution in [-0.4, -0.2) is 51.0 Å². The summed E-state index contributed by atoms with van der Waals surface area (Å²) < 4.78 is 0. The Kier molecular flexibility index (Phi) is 10.7. The van der Waals surface area contributed by atoms with E-state index in [9.17, 15) is 4.79 Å². The van der Waals surface area contributed by atoms with E-state index in [0.29, 0.717) is 5.92 Å². The Bertz CT molecular complexity index is 803. The zero-order valence-electron chi connectivity index (χ0n) is 18.0. The molecule has 1 atom stereocenters. The molecular weight excluding hydrogens is 475 g/mol. The standard InChI is InChI=1S/C23H32N4O.HI/c1-17-9-11-20(12-10-17)18(2)16-26-23(24-3)25-14-13-19-7-6-8-21(15-19)22(28)27(4)5;/h6-12,15,18H,13-14,16H2,1-5H3,(H2,24,25,26);1H. The van der Waals surface area contributed by atoms with Crippen LogP contribution in [0.5, 0.6) is 0 Å². The zero-order chi connectivity index (χ0) is 20.5. The van der Waals surface area contributed by atoms with Gasteiger partial charge in [-0.2, -0.15) is 0 Å². The summed E-state index contributed by atoms with van der Waals surface area (Å²) in [6.07, 6.45) is 0.822. The van der Waals surface area contributed by atoms with E-state index in [1.807, 2.05) is 24.3 Å². The fourth-order valence-corrected chi connectivity index (χ4v) is 2.93. The molecule has 2 aromatic carbocycles. The smallest absolute Gasteiger partial charge is 0.253 e. The summed E-state index contributed by atoms with van der Waals surface area (Å²) in [6.45, 7) is 5.87. The third-order valence-corrected chi connectivity index (χ3v) is 4.73. The van der Waals surface area contributed by atoms with Crippen LogP contribution >= 0.6 is 24.0 Å². The summed E-state index contributed by atoms with van der Waals surface area (Å²) in [4.78, 5) is 18.0. The van der Waals surface area contributed by atoms with Crippen LogP contribution in [-0.2, 0) is 6.42 Å². The third-order valence-electron chi connectivity index (χ3n) is 4.73. The molecule has 0 aliphatic heterocycles. The molecule has 0 aromatic heterocycles.